The van der Waals surface area contributed by atoms with Crippen molar-refractivity contribution < 1.29 is 4.79 Å². The Balaban J connectivity index is 1.86. The molecule has 1 radical (unpaired) electrons. The smallest absolute Gasteiger partial charge is 0.244 e. The molecule has 17 heavy (non-hydrogen) atoms. The lowest BCUT2D eigenvalue weighted by molar-refractivity contribution is -0.133. The first kappa shape index (κ1) is 12.1. The summed E-state index contributed by atoms with van der Waals surface area (Å²) in [6.45, 7) is 2.45. The van der Waals surface area contributed by atoms with Gasteiger partial charge in [-0.2, -0.15) is 5.10 Å². The molecule has 5 nitrogen and oxygen atoms in total. The van der Waals surface area contributed by atoms with E-state index in [1.165, 1.54) is 0 Å². The predicted octanol–water partition coefficient (Wildman–Crippen LogP) is 0.236. The molecule has 1 aliphatic rings. The Morgan fingerprint density at radius 3 is 2.82 bits per heavy atom. The Kier molecular flexibility index (Phi) is 3.78. The molecule has 1 aromatic rings. The zero-order valence-electron chi connectivity index (χ0n) is 10.5. The average molecular weight is 235 g/mol. The Morgan fingerprint density at radius 2 is 2.24 bits per heavy atom. The molecule has 0 unspecified atom stereocenters. The van der Waals surface area contributed by atoms with Crippen LogP contribution in [0.5, 0.6) is 0 Å². The highest BCUT2D eigenvalue weighted by molar-refractivity contribution is 5.75. The molecule has 0 atom stereocenters. The van der Waals surface area contributed by atoms with Crippen molar-refractivity contribution in [2.24, 2.45) is 0 Å². The van der Waals surface area contributed by atoms with Crippen LogP contribution in [0.25, 0.3) is 0 Å². The monoisotopic (exact) mass is 235 g/mol. The quantitative estimate of drug-likeness (QED) is 0.753. The molecule has 2 rings (SSSR count). The second kappa shape index (κ2) is 5.31. The molecule has 1 aliphatic heterocycles. The minimum absolute atomic E-state index is 0.122. The third-order valence-corrected chi connectivity index (χ3v) is 3.43. The van der Waals surface area contributed by atoms with Gasteiger partial charge in [0.1, 0.15) is 6.54 Å². The van der Waals surface area contributed by atoms with Gasteiger partial charge in [0.25, 0.3) is 0 Å². The number of hydrogen-bond acceptors (Lipinski definition) is 3. The van der Waals surface area contributed by atoms with E-state index >= 15 is 0 Å². The average Bonchev–Trinajstić information content (AvgIpc) is 2.82. The summed E-state index contributed by atoms with van der Waals surface area (Å²) < 4.78 is 1.62. The molecule has 1 saturated heterocycles. The van der Waals surface area contributed by atoms with E-state index in [1.807, 2.05) is 11.9 Å². The molecular weight excluding hydrogens is 216 g/mol. The Labute approximate surface area is 102 Å². The van der Waals surface area contributed by atoms with E-state index in [2.05, 4.69) is 23.1 Å². The molecule has 0 bridgehead atoms. The van der Waals surface area contributed by atoms with E-state index in [0.717, 1.165) is 25.9 Å². The summed E-state index contributed by atoms with van der Waals surface area (Å²) in [7, 11) is 4.02. The fourth-order valence-electron chi connectivity index (χ4n) is 2.18. The number of rotatable bonds is 3. The summed E-state index contributed by atoms with van der Waals surface area (Å²) in [5.74, 6) is 0.122. The number of nitrogens with zero attached hydrogens (tertiary/aromatic N) is 4. The minimum Gasteiger partial charge on any atom is -0.341 e. The van der Waals surface area contributed by atoms with Crippen LogP contribution in [-0.2, 0) is 11.3 Å². The van der Waals surface area contributed by atoms with Crippen LogP contribution in [0.2, 0.25) is 0 Å². The number of likely N-dealkylation sites (N-methyl/N-ethyl adjacent to an activating group) is 1. The van der Waals surface area contributed by atoms with Crippen LogP contribution in [0.1, 0.15) is 12.8 Å². The molecule has 5 heteroatoms. The summed E-state index contributed by atoms with van der Waals surface area (Å²) in [4.78, 5) is 16.2. The van der Waals surface area contributed by atoms with Gasteiger partial charge < -0.3 is 9.80 Å². The van der Waals surface area contributed by atoms with Gasteiger partial charge in [0.15, 0.2) is 0 Å². The first-order valence-electron chi connectivity index (χ1n) is 5.99. The number of carbonyl (C=O) groups is 1. The first-order valence-corrected chi connectivity index (χ1v) is 5.99. The van der Waals surface area contributed by atoms with Crippen LogP contribution < -0.4 is 0 Å². The van der Waals surface area contributed by atoms with Crippen molar-refractivity contribution in [3.05, 3.63) is 18.5 Å². The molecule has 1 amide bonds. The van der Waals surface area contributed by atoms with Crippen molar-refractivity contribution in [3.8, 4) is 0 Å². The van der Waals surface area contributed by atoms with Gasteiger partial charge in [-0.1, -0.05) is 0 Å². The number of amides is 1. The molecule has 2 heterocycles. The topological polar surface area (TPSA) is 41.4 Å². The number of likely N-dealkylation sites (tertiary alicyclic amines) is 1. The van der Waals surface area contributed by atoms with Crippen molar-refractivity contribution in [2.45, 2.75) is 25.4 Å². The van der Waals surface area contributed by atoms with Gasteiger partial charge in [0, 0.05) is 25.4 Å². The van der Waals surface area contributed by atoms with Gasteiger partial charge in [0.05, 0.1) is 6.20 Å². The SMILES string of the molecule is CN1CCC(N(C)C(=O)Cn2c[c]cn2)CC1. The fraction of sp³-hybridized carbons (Fsp3) is 0.667. The largest absolute Gasteiger partial charge is 0.341 e. The fourth-order valence-corrected chi connectivity index (χ4v) is 2.18. The van der Waals surface area contributed by atoms with Crippen molar-refractivity contribution in [1.82, 2.24) is 19.6 Å². The Bertz CT molecular complexity index is 355. The van der Waals surface area contributed by atoms with Crippen LogP contribution in [0, 0.1) is 6.07 Å². The van der Waals surface area contributed by atoms with Crippen molar-refractivity contribution in [2.75, 3.05) is 27.2 Å². The highest BCUT2D eigenvalue weighted by Gasteiger charge is 2.23. The summed E-state index contributed by atoms with van der Waals surface area (Å²) in [5, 5.41) is 4.00. The lowest BCUT2D eigenvalue weighted by Crippen LogP contribution is -2.45. The van der Waals surface area contributed by atoms with Gasteiger partial charge in [-0.15, -0.1) is 0 Å². The highest BCUT2D eigenvalue weighted by Crippen LogP contribution is 2.14. The number of carbonyl (C=O) groups excluding carboxylic acids is 1. The van der Waals surface area contributed by atoms with E-state index in [1.54, 1.807) is 17.1 Å². The van der Waals surface area contributed by atoms with Crippen LogP contribution in [0.4, 0.5) is 0 Å². The van der Waals surface area contributed by atoms with Crippen molar-refractivity contribution >= 4 is 5.91 Å². The van der Waals surface area contributed by atoms with E-state index < -0.39 is 0 Å². The van der Waals surface area contributed by atoms with Crippen LogP contribution in [0.15, 0.2) is 12.4 Å². The maximum atomic E-state index is 12.0. The maximum Gasteiger partial charge on any atom is 0.244 e. The standard InChI is InChI=1S/C12H19N4O/c1-14-8-4-11(5-9-14)15(2)12(17)10-16-7-3-6-13-16/h6-7,11H,4-5,8-10H2,1-2H3. The molecule has 0 saturated carbocycles. The second-order valence-corrected chi connectivity index (χ2v) is 4.68. The van der Waals surface area contributed by atoms with Crippen LogP contribution in [-0.4, -0.2) is 58.7 Å². The van der Waals surface area contributed by atoms with Crippen LogP contribution >= 0.6 is 0 Å². The summed E-state index contributed by atoms with van der Waals surface area (Å²) in [5.41, 5.74) is 0. The Morgan fingerprint density at radius 1 is 1.53 bits per heavy atom. The lowest BCUT2D eigenvalue weighted by atomic mass is 10.0. The summed E-state index contributed by atoms with van der Waals surface area (Å²) >= 11 is 0. The van der Waals surface area contributed by atoms with Gasteiger partial charge in [-0.25, -0.2) is 0 Å². The number of piperidine rings is 1. The molecule has 93 valence electrons. The van der Waals surface area contributed by atoms with Gasteiger partial charge in [-0.3, -0.25) is 9.48 Å². The molecule has 1 fully saturated rings. The predicted molar refractivity (Wildman–Crippen MR) is 64.4 cm³/mol. The molecule has 1 aromatic heterocycles. The minimum atomic E-state index is 0.122. The van der Waals surface area contributed by atoms with Gasteiger partial charge >= 0.3 is 0 Å². The third-order valence-electron chi connectivity index (χ3n) is 3.43. The number of aromatic nitrogens is 2. The van der Waals surface area contributed by atoms with E-state index in [9.17, 15) is 4.79 Å². The second-order valence-electron chi connectivity index (χ2n) is 4.68. The van der Waals surface area contributed by atoms with E-state index in [0.29, 0.717) is 12.6 Å². The molecular formula is C12H19N4O. The molecule has 0 spiro atoms. The molecule has 0 aliphatic carbocycles. The maximum absolute atomic E-state index is 12.0. The van der Waals surface area contributed by atoms with E-state index in [4.69, 9.17) is 0 Å². The summed E-state index contributed by atoms with van der Waals surface area (Å²) in [6.07, 6.45) is 5.39. The first-order chi connectivity index (χ1) is 8.16. The molecule has 0 aromatic carbocycles. The van der Waals surface area contributed by atoms with Crippen molar-refractivity contribution in [1.29, 1.82) is 0 Å². The van der Waals surface area contributed by atoms with Gasteiger partial charge in [0.2, 0.25) is 5.91 Å². The normalized spacial score (nSPS) is 18.2. The zero-order chi connectivity index (χ0) is 12.3. The Hall–Kier alpha value is -1.36. The molecule has 0 N–H and O–H groups in total. The zero-order valence-corrected chi connectivity index (χ0v) is 10.5. The van der Waals surface area contributed by atoms with Gasteiger partial charge in [-0.05, 0) is 33.0 Å². The lowest BCUT2D eigenvalue weighted by Gasteiger charge is -2.35. The number of hydrogen-bond donors (Lipinski definition) is 0. The third kappa shape index (κ3) is 3.06. The summed E-state index contributed by atoms with van der Waals surface area (Å²) in [6, 6.07) is 3.21. The van der Waals surface area contributed by atoms with Crippen LogP contribution in [0.3, 0.4) is 0 Å². The highest BCUT2D eigenvalue weighted by atomic mass is 16.2. The van der Waals surface area contributed by atoms with E-state index in [-0.39, 0.29) is 5.91 Å². The van der Waals surface area contributed by atoms with Crippen molar-refractivity contribution in [3.63, 3.8) is 0 Å².